The molecule has 0 aromatic heterocycles. The van der Waals surface area contributed by atoms with Crippen molar-refractivity contribution < 1.29 is 9.18 Å². The van der Waals surface area contributed by atoms with Gasteiger partial charge in [0.2, 0.25) is 5.91 Å². The molecule has 19 heavy (non-hydrogen) atoms. The van der Waals surface area contributed by atoms with Gasteiger partial charge in [-0.3, -0.25) is 9.69 Å². The highest BCUT2D eigenvalue weighted by atomic mass is 19.1. The molecule has 1 fully saturated rings. The maximum atomic E-state index is 13.0. The van der Waals surface area contributed by atoms with Crippen molar-refractivity contribution in [2.45, 2.75) is 12.5 Å². The predicted octanol–water partition coefficient (Wildman–Crippen LogP) is 0.990. The topological polar surface area (TPSA) is 49.6 Å². The zero-order valence-electron chi connectivity index (χ0n) is 11.2. The average molecular weight is 265 g/mol. The first-order chi connectivity index (χ1) is 9.11. The summed E-state index contributed by atoms with van der Waals surface area (Å²) in [5.41, 5.74) is 6.80. The number of hydrogen-bond acceptors (Lipinski definition) is 3. The SMILES string of the molecule is CN1CCCN(C(CN)c2ccc(F)cc2)CC1=O. The third-order valence-electron chi connectivity index (χ3n) is 3.62. The van der Waals surface area contributed by atoms with Crippen LogP contribution in [0, 0.1) is 5.82 Å². The van der Waals surface area contributed by atoms with Crippen LogP contribution in [0.1, 0.15) is 18.0 Å². The first-order valence-corrected chi connectivity index (χ1v) is 6.55. The van der Waals surface area contributed by atoms with Crippen molar-refractivity contribution in [1.82, 2.24) is 9.80 Å². The summed E-state index contributed by atoms with van der Waals surface area (Å²) >= 11 is 0. The third kappa shape index (κ3) is 3.30. The Morgan fingerprint density at radius 1 is 1.32 bits per heavy atom. The molecule has 1 aromatic rings. The molecular formula is C14H20FN3O. The van der Waals surface area contributed by atoms with Crippen molar-refractivity contribution in [3.8, 4) is 0 Å². The molecule has 1 aromatic carbocycles. The Morgan fingerprint density at radius 3 is 2.63 bits per heavy atom. The number of carbonyl (C=O) groups excluding carboxylic acids is 1. The minimum absolute atomic E-state index is 0.0314. The summed E-state index contributed by atoms with van der Waals surface area (Å²) in [5, 5.41) is 0. The molecule has 104 valence electrons. The lowest BCUT2D eigenvalue weighted by Gasteiger charge is -2.29. The second kappa shape index (κ2) is 6.12. The molecule has 2 N–H and O–H groups in total. The van der Waals surface area contributed by atoms with Crippen LogP contribution in [0.5, 0.6) is 0 Å². The van der Waals surface area contributed by atoms with Crippen LogP contribution in [0.25, 0.3) is 0 Å². The lowest BCUT2D eigenvalue weighted by atomic mass is 10.0. The smallest absolute Gasteiger partial charge is 0.236 e. The number of likely N-dealkylation sites (N-methyl/N-ethyl adjacent to an activating group) is 1. The van der Waals surface area contributed by atoms with Crippen molar-refractivity contribution in [2.24, 2.45) is 5.73 Å². The molecule has 1 saturated heterocycles. The summed E-state index contributed by atoms with van der Waals surface area (Å²) < 4.78 is 13.0. The number of hydrogen-bond donors (Lipinski definition) is 1. The summed E-state index contributed by atoms with van der Waals surface area (Å²) in [6.07, 6.45) is 0.930. The third-order valence-corrected chi connectivity index (χ3v) is 3.62. The van der Waals surface area contributed by atoms with Gasteiger partial charge < -0.3 is 10.6 Å². The van der Waals surface area contributed by atoms with Crippen molar-refractivity contribution in [3.05, 3.63) is 35.6 Å². The Hall–Kier alpha value is -1.46. The van der Waals surface area contributed by atoms with Crippen molar-refractivity contribution >= 4 is 5.91 Å². The molecule has 1 amide bonds. The quantitative estimate of drug-likeness (QED) is 0.886. The molecule has 4 nitrogen and oxygen atoms in total. The van der Waals surface area contributed by atoms with E-state index in [4.69, 9.17) is 5.73 Å². The van der Waals surface area contributed by atoms with Gasteiger partial charge in [-0.1, -0.05) is 12.1 Å². The first kappa shape index (κ1) is 14.0. The van der Waals surface area contributed by atoms with Crippen molar-refractivity contribution in [2.75, 3.05) is 33.2 Å². The van der Waals surface area contributed by atoms with Gasteiger partial charge in [0.1, 0.15) is 5.82 Å². The summed E-state index contributed by atoms with van der Waals surface area (Å²) in [5.74, 6) is -0.149. The fraction of sp³-hybridized carbons (Fsp3) is 0.500. The van der Waals surface area contributed by atoms with E-state index in [0.29, 0.717) is 13.1 Å². The van der Waals surface area contributed by atoms with E-state index >= 15 is 0 Å². The molecule has 1 heterocycles. The van der Waals surface area contributed by atoms with Crippen LogP contribution in [0.3, 0.4) is 0 Å². The van der Waals surface area contributed by atoms with Crippen LogP contribution >= 0.6 is 0 Å². The molecule has 0 bridgehead atoms. The van der Waals surface area contributed by atoms with E-state index in [-0.39, 0.29) is 17.8 Å². The highest BCUT2D eigenvalue weighted by Gasteiger charge is 2.25. The Labute approximate surface area is 113 Å². The molecule has 1 aliphatic heterocycles. The van der Waals surface area contributed by atoms with E-state index in [1.807, 2.05) is 7.05 Å². The fourth-order valence-corrected chi connectivity index (χ4v) is 2.46. The number of rotatable bonds is 3. The van der Waals surface area contributed by atoms with Crippen LogP contribution < -0.4 is 5.73 Å². The summed E-state index contributed by atoms with van der Waals surface area (Å²) in [4.78, 5) is 15.7. The van der Waals surface area contributed by atoms with Crippen LogP contribution in [0.2, 0.25) is 0 Å². The lowest BCUT2D eigenvalue weighted by Crippen LogP contribution is -2.39. The monoisotopic (exact) mass is 265 g/mol. The second-order valence-electron chi connectivity index (χ2n) is 4.94. The van der Waals surface area contributed by atoms with Gasteiger partial charge in [0.15, 0.2) is 0 Å². The zero-order valence-corrected chi connectivity index (χ0v) is 11.2. The summed E-state index contributed by atoms with van der Waals surface area (Å²) in [7, 11) is 1.82. The predicted molar refractivity (Wildman–Crippen MR) is 72.0 cm³/mol. The molecule has 1 unspecified atom stereocenters. The Kier molecular flexibility index (Phi) is 4.50. The second-order valence-corrected chi connectivity index (χ2v) is 4.94. The molecule has 0 radical (unpaired) electrons. The highest BCUT2D eigenvalue weighted by Crippen LogP contribution is 2.21. The number of amides is 1. The number of carbonyl (C=O) groups is 1. The minimum atomic E-state index is -0.258. The number of nitrogens with zero attached hydrogens (tertiary/aromatic N) is 2. The van der Waals surface area contributed by atoms with Gasteiger partial charge in [0.25, 0.3) is 0 Å². The van der Waals surface area contributed by atoms with Gasteiger partial charge in [-0.15, -0.1) is 0 Å². The lowest BCUT2D eigenvalue weighted by molar-refractivity contribution is -0.130. The van der Waals surface area contributed by atoms with Gasteiger partial charge in [-0.05, 0) is 24.1 Å². The molecule has 0 aliphatic carbocycles. The van der Waals surface area contributed by atoms with Crippen molar-refractivity contribution in [1.29, 1.82) is 0 Å². The van der Waals surface area contributed by atoms with E-state index in [2.05, 4.69) is 4.90 Å². The standard InChI is InChI=1S/C14H20FN3O/c1-17-7-2-8-18(10-14(17)19)13(9-16)11-3-5-12(15)6-4-11/h3-6,13H,2,7-10,16H2,1H3. The van der Waals surface area contributed by atoms with Gasteiger partial charge in [-0.25, -0.2) is 4.39 Å². The molecule has 2 rings (SSSR count). The van der Waals surface area contributed by atoms with E-state index in [1.165, 1.54) is 12.1 Å². The Bertz CT molecular complexity index is 435. The largest absolute Gasteiger partial charge is 0.345 e. The summed E-state index contributed by atoms with van der Waals surface area (Å²) in [6.45, 7) is 2.39. The molecule has 1 atom stereocenters. The van der Waals surface area contributed by atoms with E-state index in [0.717, 1.165) is 25.1 Å². The fourth-order valence-electron chi connectivity index (χ4n) is 2.46. The van der Waals surface area contributed by atoms with Crippen LogP contribution in [-0.4, -0.2) is 48.9 Å². The molecule has 0 spiro atoms. The van der Waals surface area contributed by atoms with E-state index < -0.39 is 0 Å². The average Bonchev–Trinajstić information content (AvgIpc) is 2.56. The van der Waals surface area contributed by atoms with Crippen LogP contribution in [0.15, 0.2) is 24.3 Å². The first-order valence-electron chi connectivity index (χ1n) is 6.55. The van der Waals surface area contributed by atoms with Gasteiger partial charge in [0, 0.05) is 32.7 Å². The van der Waals surface area contributed by atoms with Crippen molar-refractivity contribution in [3.63, 3.8) is 0 Å². The van der Waals surface area contributed by atoms with Gasteiger partial charge in [-0.2, -0.15) is 0 Å². The minimum Gasteiger partial charge on any atom is -0.345 e. The van der Waals surface area contributed by atoms with Gasteiger partial charge >= 0.3 is 0 Å². The zero-order chi connectivity index (χ0) is 13.8. The van der Waals surface area contributed by atoms with Crippen LogP contribution in [-0.2, 0) is 4.79 Å². The van der Waals surface area contributed by atoms with Gasteiger partial charge in [0.05, 0.1) is 6.54 Å². The summed E-state index contributed by atoms with van der Waals surface area (Å²) in [6, 6.07) is 6.32. The van der Waals surface area contributed by atoms with E-state index in [1.54, 1.807) is 17.0 Å². The Balaban J connectivity index is 2.16. The maximum Gasteiger partial charge on any atom is 0.236 e. The molecule has 0 saturated carbocycles. The number of nitrogens with two attached hydrogens (primary N) is 1. The van der Waals surface area contributed by atoms with Crippen LogP contribution in [0.4, 0.5) is 4.39 Å². The number of benzene rings is 1. The number of halogens is 1. The highest BCUT2D eigenvalue weighted by molar-refractivity contribution is 5.78. The molecule has 1 aliphatic rings. The normalized spacial score (nSPS) is 19.3. The molecule has 5 heteroatoms. The maximum absolute atomic E-state index is 13.0. The Morgan fingerprint density at radius 2 is 2.00 bits per heavy atom. The molecular weight excluding hydrogens is 245 g/mol. The van der Waals surface area contributed by atoms with E-state index in [9.17, 15) is 9.18 Å².